The van der Waals surface area contributed by atoms with E-state index in [2.05, 4.69) is 13.6 Å². The average molecular weight is 347 g/mol. The summed E-state index contributed by atoms with van der Waals surface area (Å²) in [6.45, 7) is 7.63. The fourth-order valence-corrected chi connectivity index (χ4v) is 2.80. The zero-order valence-corrected chi connectivity index (χ0v) is 15.3. The van der Waals surface area contributed by atoms with Crippen LogP contribution in [0.5, 0.6) is 5.88 Å². The summed E-state index contributed by atoms with van der Waals surface area (Å²) in [6, 6.07) is 0. The summed E-state index contributed by atoms with van der Waals surface area (Å²) in [5.41, 5.74) is 1.37. The fourth-order valence-electron chi connectivity index (χ4n) is 2.28. The SMILES string of the molecule is CC.CCCCCC(F)(F)Oc1nsnc1C1=CCCN(C)C1. The van der Waals surface area contributed by atoms with Crippen molar-refractivity contribution in [2.24, 2.45) is 0 Å². The molecule has 0 N–H and O–H groups in total. The molecule has 23 heavy (non-hydrogen) atoms. The lowest BCUT2D eigenvalue weighted by atomic mass is 10.1. The topological polar surface area (TPSA) is 38.3 Å². The van der Waals surface area contributed by atoms with Gasteiger partial charge in [0.2, 0.25) is 0 Å². The lowest BCUT2D eigenvalue weighted by molar-refractivity contribution is -0.183. The highest BCUT2D eigenvalue weighted by atomic mass is 32.1. The summed E-state index contributed by atoms with van der Waals surface area (Å²) in [4.78, 5) is 2.12. The Bertz CT molecular complexity index is 491. The maximum atomic E-state index is 13.8. The first kappa shape index (κ1) is 20.0. The lowest BCUT2D eigenvalue weighted by Crippen LogP contribution is -2.27. The molecule has 0 saturated carbocycles. The zero-order valence-electron chi connectivity index (χ0n) is 14.4. The smallest absolute Gasteiger partial charge is 0.399 e. The second-order valence-corrected chi connectivity index (χ2v) is 5.90. The molecule has 0 aromatic carbocycles. The van der Waals surface area contributed by atoms with Crippen LogP contribution in [0.25, 0.3) is 5.57 Å². The number of nitrogens with zero attached hydrogens (tertiary/aromatic N) is 3. The predicted molar refractivity (Wildman–Crippen MR) is 91.1 cm³/mol. The number of ether oxygens (including phenoxy) is 1. The molecule has 0 fully saturated rings. The minimum Gasteiger partial charge on any atom is -0.411 e. The van der Waals surface area contributed by atoms with Gasteiger partial charge in [0.15, 0.2) is 0 Å². The number of aromatic nitrogens is 2. The summed E-state index contributed by atoms with van der Waals surface area (Å²) >= 11 is 0.912. The third kappa shape index (κ3) is 6.51. The average Bonchev–Trinajstić information content (AvgIpc) is 2.97. The maximum Gasteiger partial charge on any atom is 0.399 e. The summed E-state index contributed by atoms with van der Waals surface area (Å²) < 4.78 is 40.5. The molecule has 0 radical (unpaired) electrons. The first-order valence-electron chi connectivity index (χ1n) is 8.29. The Morgan fingerprint density at radius 3 is 2.70 bits per heavy atom. The molecule has 0 aliphatic carbocycles. The van der Waals surface area contributed by atoms with E-state index in [0.29, 0.717) is 18.7 Å². The molecule has 0 saturated heterocycles. The number of hydrogen-bond donors (Lipinski definition) is 0. The minimum atomic E-state index is -3.18. The molecule has 2 heterocycles. The van der Waals surface area contributed by atoms with E-state index in [1.165, 1.54) is 0 Å². The van der Waals surface area contributed by atoms with Crippen molar-refractivity contribution < 1.29 is 13.5 Å². The van der Waals surface area contributed by atoms with Crippen molar-refractivity contribution in [3.63, 3.8) is 0 Å². The molecular weight excluding hydrogens is 320 g/mol. The Balaban J connectivity index is 0.00000127. The molecule has 7 heteroatoms. The molecule has 0 amide bonds. The van der Waals surface area contributed by atoms with Gasteiger partial charge in [-0.1, -0.05) is 39.7 Å². The van der Waals surface area contributed by atoms with Gasteiger partial charge in [-0.15, -0.1) is 4.37 Å². The Morgan fingerprint density at radius 2 is 2.04 bits per heavy atom. The second kappa shape index (κ2) is 9.93. The first-order valence-corrected chi connectivity index (χ1v) is 9.02. The molecule has 0 spiro atoms. The largest absolute Gasteiger partial charge is 0.411 e. The van der Waals surface area contributed by atoms with Gasteiger partial charge in [0.05, 0.1) is 18.1 Å². The molecule has 1 aliphatic rings. The molecule has 1 aliphatic heterocycles. The van der Waals surface area contributed by atoms with E-state index in [1.54, 1.807) is 0 Å². The Hall–Kier alpha value is -1.08. The quantitative estimate of drug-likeness (QED) is 0.662. The summed E-state index contributed by atoms with van der Waals surface area (Å²) in [7, 11) is 1.99. The van der Waals surface area contributed by atoms with Crippen molar-refractivity contribution in [2.45, 2.75) is 59.0 Å². The zero-order chi connectivity index (χ0) is 17.3. The van der Waals surface area contributed by atoms with Crippen molar-refractivity contribution >= 4 is 17.3 Å². The number of alkyl halides is 2. The van der Waals surface area contributed by atoms with Crippen LogP contribution in [0, 0.1) is 0 Å². The molecule has 132 valence electrons. The van der Waals surface area contributed by atoms with E-state index >= 15 is 0 Å². The number of rotatable bonds is 7. The third-order valence-corrected chi connectivity index (χ3v) is 3.93. The standard InChI is InChI=1S/C14H21F2N3OS.C2H6/c1-3-4-5-8-14(15,16)20-13-12(17-21-18-13)11-7-6-9-19(2)10-11;1-2/h7H,3-6,8-10H2,1-2H3;1-2H3. The van der Waals surface area contributed by atoms with Gasteiger partial charge in [-0.3, -0.25) is 0 Å². The van der Waals surface area contributed by atoms with Crippen LogP contribution in [0.15, 0.2) is 6.08 Å². The first-order chi connectivity index (χ1) is 11.0. The van der Waals surface area contributed by atoms with Gasteiger partial charge >= 0.3 is 6.11 Å². The molecule has 0 unspecified atom stereocenters. The highest BCUT2D eigenvalue weighted by Crippen LogP contribution is 2.32. The van der Waals surface area contributed by atoms with E-state index in [4.69, 9.17) is 4.74 Å². The summed E-state index contributed by atoms with van der Waals surface area (Å²) in [6.07, 6.45) is 1.57. The molecule has 2 rings (SSSR count). The molecule has 4 nitrogen and oxygen atoms in total. The highest BCUT2D eigenvalue weighted by molar-refractivity contribution is 6.99. The molecule has 0 atom stereocenters. The second-order valence-electron chi connectivity index (χ2n) is 5.37. The van der Waals surface area contributed by atoms with Crippen molar-refractivity contribution in [2.75, 3.05) is 20.1 Å². The molecule has 1 aromatic heterocycles. The van der Waals surface area contributed by atoms with E-state index in [-0.39, 0.29) is 12.3 Å². The van der Waals surface area contributed by atoms with Crippen LogP contribution in [-0.2, 0) is 0 Å². The van der Waals surface area contributed by atoms with E-state index in [0.717, 1.165) is 43.1 Å². The summed E-state index contributed by atoms with van der Waals surface area (Å²) in [5, 5.41) is 0. The number of likely N-dealkylation sites (N-methyl/N-ethyl adjacent to an activating group) is 1. The van der Waals surface area contributed by atoms with Gasteiger partial charge in [0.1, 0.15) is 5.69 Å². The fraction of sp³-hybridized carbons (Fsp3) is 0.750. The number of unbranched alkanes of at least 4 members (excludes halogenated alkanes) is 2. The van der Waals surface area contributed by atoms with E-state index in [9.17, 15) is 8.78 Å². The number of hydrogen-bond acceptors (Lipinski definition) is 5. The third-order valence-electron chi connectivity index (χ3n) is 3.42. The van der Waals surface area contributed by atoms with Gasteiger partial charge in [-0.2, -0.15) is 13.2 Å². The van der Waals surface area contributed by atoms with Gasteiger partial charge < -0.3 is 9.64 Å². The van der Waals surface area contributed by atoms with Gasteiger partial charge in [0, 0.05) is 13.1 Å². The Morgan fingerprint density at radius 1 is 1.30 bits per heavy atom. The maximum absolute atomic E-state index is 13.8. The summed E-state index contributed by atoms with van der Waals surface area (Å²) in [5.74, 6) is -0.0388. The highest BCUT2D eigenvalue weighted by Gasteiger charge is 2.33. The van der Waals surface area contributed by atoms with Crippen molar-refractivity contribution in [3.8, 4) is 5.88 Å². The molecular formula is C16H27F2N3OS. The van der Waals surface area contributed by atoms with E-state index in [1.807, 2.05) is 33.9 Å². The van der Waals surface area contributed by atoms with Gasteiger partial charge in [-0.25, -0.2) is 0 Å². The molecule has 1 aromatic rings. The van der Waals surface area contributed by atoms with Crippen LogP contribution in [-0.4, -0.2) is 39.9 Å². The van der Waals surface area contributed by atoms with Gasteiger partial charge in [0.25, 0.3) is 5.88 Å². The Kier molecular flexibility index (Phi) is 8.62. The lowest BCUT2D eigenvalue weighted by Gasteiger charge is -2.23. The number of halogens is 2. The van der Waals surface area contributed by atoms with Gasteiger partial charge in [-0.05, 0) is 25.5 Å². The van der Waals surface area contributed by atoms with Crippen LogP contribution in [0.4, 0.5) is 8.78 Å². The Labute approximate surface area is 141 Å². The van der Waals surface area contributed by atoms with Crippen LogP contribution in [0.1, 0.15) is 58.6 Å². The van der Waals surface area contributed by atoms with Crippen molar-refractivity contribution in [1.29, 1.82) is 0 Å². The molecule has 0 bridgehead atoms. The minimum absolute atomic E-state index is 0.0388. The van der Waals surface area contributed by atoms with Crippen molar-refractivity contribution in [3.05, 3.63) is 11.8 Å². The van der Waals surface area contributed by atoms with Crippen LogP contribution >= 0.6 is 11.7 Å². The van der Waals surface area contributed by atoms with Crippen LogP contribution < -0.4 is 4.74 Å². The van der Waals surface area contributed by atoms with Crippen LogP contribution in [0.2, 0.25) is 0 Å². The van der Waals surface area contributed by atoms with Crippen LogP contribution in [0.3, 0.4) is 0 Å². The van der Waals surface area contributed by atoms with Crippen molar-refractivity contribution in [1.82, 2.24) is 13.6 Å². The van der Waals surface area contributed by atoms with E-state index < -0.39 is 6.11 Å². The normalized spacial score (nSPS) is 15.7. The predicted octanol–water partition coefficient (Wildman–Crippen LogP) is 4.84. The monoisotopic (exact) mass is 347 g/mol.